The molecular weight excluding hydrogens is 320 g/mol. The van der Waals surface area contributed by atoms with E-state index in [2.05, 4.69) is 5.32 Å². The largest absolute Gasteiger partial charge is 0.491 e. The molecule has 25 heavy (non-hydrogen) atoms. The van der Waals surface area contributed by atoms with Gasteiger partial charge in [0.25, 0.3) is 5.69 Å². The predicted octanol–water partition coefficient (Wildman–Crippen LogP) is 3.42. The van der Waals surface area contributed by atoms with Gasteiger partial charge in [-0.15, -0.1) is 0 Å². The second-order valence-electron chi connectivity index (χ2n) is 5.52. The number of hydrogen-bond donors (Lipinski definition) is 1. The summed E-state index contributed by atoms with van der Waals surface area (Å²) in [6.45, 7) is 4.74. The average molecular weight is 340 g/mol. The molecule has 0 aromatic heterocycles. The number of amides is 1. The van der Waals surface area contributed by atoms with Gasteiger partial charge in [-0.2, -0.15) is 0 Å². The molecule has 2 rings (SSSR count). The average Bonchev–Trinajstić information content (AvgIpc) is 2.60. The fourth-order valence-corrected chi connectivity index (χ4v) is 2.19. The topological polar surface area (TPSA) is 81.5 Å². The van der Waals surface area contributed by atoms with E-state index in [1.165, 1.54) is 24.3 Å². The van der Waals surface area contributed by atoms with Crippen LogP contribution >= 0.6 is 0 Å². The fourth-order valence-electron chi connectivity index (χ4n) is 2.19. The molecule has 6 nitrogen and oxygen atoms in total. The molecule has 2 aromatic rings. The summed E-state index contributed by atoms with van der Waals surface area (Å²) in [6, 6.07) is 11.9. The molecule has 0 spiro atoms. The summed E-state index contributed by atoms with van der Waals surface area (Å²) in [7, 11) is 0. The molecule has 6 heteroatoms. The van der Waals surface area contributed by atoms with Gasteiger partial charge in [0.1, 0.15) is 12.4 Å². The van der Waals surface area contributed by atoms with Crippen LogP contribution in [0.1, 0.15) is 16.7 Å². The lowest BCUT2D eigenvalue weighted by molar-refractivity contribution is -0.384. The molecule has 2 aromatic carbocycles. The molecule has 1 N–H and O–H groups in total. The molecule has 1 amide bonds. The number of aryl methyl sites for hydroxylation is 1. The molecule has 0 saturated carbocycles. The van der Waals surface area contributed by atoms with Crippen molar-refractivity contribution in [3.63, 3.8) is 0 Å². The number of rotatable bonds is 7. The number of nitro groups is 1. The zero-order valence-corrected chi connectivity index (χ0v) is 14.2. The summed E-state index contributed by atoms with van der Waals surface area (Å²) in [6.07, 6.45) is 2.88. The molecule has 0 fully saturated rings. The second-order valence-corrected chi connectivity index (χ2v) is 5.52. The standard InChI is InChI=1S/C19H20N2O4/c1-14-5-3-8-18(15(14)2)25-12-11-20-19(22)10-9-16-6-4-7-17(13-16)21(23)24/h3-10,13H,11-12H2,1-2H3,(H,20,22)/b10-9+. The first kappa shape index (κ1) is 18.2. The number of carbonyl (C=O) groups is 1. The Kier molecular flexibility index (Phi) is 6.28. The van der Waals surface area contributed by atoms with Crippen molar-refractivity contribution < 1.29 is 14.5 Å². The Morgan fingerprint density at radius 1 is 1.24 bits per heavy atom. The van der Waals surface area contributed by atoms with Crippen LogP contribution in [-0.2, 0) is 4.79 Å². The summed E-state index contributed by atoms with van der Waals surface area (Å²) in [4.78, 5) is 22.0. The van der Waals surface area contributed by atoms with Crippen LogP contribution in [0.5, 0.6) is 5.75 Å². The Labute approximate surface area is 146 Å². The van der Waals surface area contributed by atoms with E-state index >= 15 is 0 Å². The lowest BCUT2D eigenvalue weighted by Gasteiger charge is -2.10. The number of nitro benzene ring substituents is 1. The lowest BCUT2D eigenvalue weighted by atomic mass is 10.1. The maximum Gasteiger partial charge on any atom is 0.270 e. The van der Waals surface area contributed by atoms with E-state index in [1.807, 2.05) is 32.0 Å². The Balaban J connectivity index is 1.80. The van der Waals surface area contributed by atoms with Crippen LogP contribution in [0.25, 0.3) is 6.08 Å². The van der Waals surface area contributed by atoms with Crippen molar-refractivity contribution in [3.8, 4) is 5.75 Å². The van der Waals surface area contributed by atoms with E-state index in [4.69, 9.17) is 4.74 Å². The number of nitrogens with zero attached hydrogens (tertiary/aromatic N) is 1. The van der Waals surface area contributed by atoms with Gasteiger partial charge >= 0.3 is 0 Å². The summed E-state index contributed by atoms with van der Waals surface area (Å²) >= 11 is 0. The minimum atomic E-state index is -0.470. The third-order valence-corrected chi connectivity index (χ3v) is 3.72. The summed E-state index contributed by atoms with van der Waals surface area (Å²) in [5, 5.41) is 13.4. The molecule has 0 aliphatic heterocycles. The monoisotopic (exact) mass is 340 g/mol. The molecule has 0 radical (unpaired) electrons. The maximum absolute atomic E-state index is 11.8. The molecule has 0 atom stereocenters. The first-order valence-electron chi connectivity index (χ1n) is 7.87. The first-order valence-corrected chi connectivity index (χ1v) is 7.87. The zero-order valence-electron chi connectivity index (χ0n) is 14.2. The molecule has 0 bridgehead atoms. The van der Waals surface area contributed by atoms with Crippen LogP contribution in [0.3, 0.4) is 0 Å². The van der Waals surface area contributed by atoms with Crippen molar-refractivity contribution >= 4 is 17.7 Å². The normalized spacial score (nSPS) is 10.6. The van der Waals surface area contributed by atoms with Crippen LogP contribution in [0.4, 0.5) is 5.69 Å². The number of hydrogen-bond acceptors (Lipinski definition) is 4. The number of carbonyl (C=O) groups excluding carboxylic acids is 1. The van der Waals surface area contributed by atoms with Crippen LogP contribution in [-0.4, -0.2) is 24.0 Å². The van der Waals surface area contributed by atoms with Gasteiger partial charge in [0.2, 0.25) is 5.91 Å². The van der Waals surface area contributed by atoms with Gasteiger partial charge < -0.3 is 10.1 Å². The van der Waals surface area contributed by atoms with Crippen molar-refractivity contribution in [2.75, 3.05) is 13.2 Å². The quantitative estimate of drug-likeness (QED) is 0.362. The molecule has 0 aliphatic carbocycles. The van der Waals surface area contributed by atoms with Crippen molar-refractivity contribution in [1.82, 2.24) is 5.32 Å². The third-order valence-electron chi connectivity index (χ3n) is 3.72. The van der Waals surface area contributed by atoms with Gasteiger partial charge in [-0.1, -0.05) is 24.3 Å². The summed E-state index contributed by atoms with van der Waals surface area (Å²) in [5.41, 5.74) is 2.82. The van der Waals surface area contributed by atoms with Gasteiger partial charge in [-0.05, 0) is 42.7 Å². The van der Waals surface area contributed by atoms with E-state index in [0.29, 0.717) is 18.7 Å². The molecule has 130 valence electrons. The fraction of sp³-hybridized carbons (Fsp3) is 0.211. The van der Waals surface area contributed by atoms with E-state index in [-0.39, 0.29) is 11.6 Å². The maximum atomic E-state index is 11.8. The lowest BCUT2D eigenvalue weighted by Crippen LogP contribution is -2.26. The number of nitrogens with one attached hydrogen (secondary N) is 1. The van der Waals surface area contributed by atoms with Crippen molar-refractivity contribution in [3.05, 3.63) is 75.3 Å². The van der Waals surface area contributed by atoms with Crippen LogP contribution in [0, 0.1) is 24.0 Å². The highest BCUT2D eigenvalue weighted by Crippen LogP contribution is 2.20. The molecule has 0 aliphatic rings. The predicted molar refractivity (Wildman–Crippen MR) is 96.6 cm³/mol. The first-order chi connectivity index (χ1) is 12.0. The number of non-ortho nitro benzene ring substituents is 1. The van der Waals surface area contributed by atoms with Crippen molar-refractivity contribution in [2.24, 2.45) is 0 Å². The molecule has 0 unspecified atom stereocenters. The van der Waals surface area contributed by atoms with Gasteiger partial charge in [0, 0.05) is 18.2 Å². The highest BCUT2D eigenvalue weighted by atomic mass is 16.6. The minimum absolute atomic E-state index is 0.00974. The van der Waals surface area contributed by atoms with Gasteiger partial charge in [-0.3, -0.25) is 14.9 Å². The smallest absolute Gasteiger partial charge is 0.270 e. The molecule has 0 heterocycles. The van der Waals surface area contributed by atoms with E-state index in [0.717, 1.165) is 16.9 Å². The van der Waals surface area contributed by atoms with E-state index in [1.54, 1.807) is 12.1 Å². The van der Waals surface area contributed by atoms with Crippen LogP contribution in [0.15, 0.2) is 48.5 Å². The summed E-state index contributed by atoms with van der Waals surface area (Å²) < 4.78 is 5.66. The van der Waals surface area contributed by atoms with Crippen LogP contribution < -0.4 is 10.1 Å². The number of benzene rings is 2. The molecular formula is C19H20N2O4. The zero-order chi connectivity index (χ0) is 18.2. The Hall–Kier alpha value is -3.15. The van der Waals surface area contributed by atoms with Crippen molar-refractivity contribution in [1.29, 1.82) is 0 Å². The van der Waals surface area contributed by atoms with Gasteiger partial charge in [-0.25, -0.2) is 0 Å². The second kappa shape index (κ2) is 8.63. The Morgan fingerprint density at radius 2 is 2.00 bits per heavy atom. The SMILES string of the molecule is Cc1cccc(OCCNC(=O)/C=C/c2cccc([N+](=O)[O-])c2)c1C. The minimum Gasteiger partial charge on any atom is -0.491 e. The van der Waals surface area contributed by atoms with Crippen molar-refractivity contribution in [2.45, 2.75) is 13.8 Å². The van der Waals surface area contributed by atoms with Gasteiger partial charge in [0.15, 0.2) is 0 Å². The highest BCUT2D eigenvalue weighted by Gasteiger charge is 2.04. The van der Waals surface area contributed by atoms with Gasteiger partial charge in [0.05, 0.1) is 11.5 Å². The number of ether oxygens (including phenoxy) is 1. The third kappa shape index (κ3) is 5.46. The Bertz CT molecular complexity index is 800. The Morgan fingerprint density at radius 3 is 2.76 bits per heavy atom. The summed E-state index contributed by atoms with van der Waals surface area (Å²) in [5.74, 6) is 0.525. The highest BCUT2D eigenvalue weighted by molar-refractivity contribution is 5.91. The van der Waals surface area contributed by atoms with E-state index < -0.39 is 4.92 Å². The van der Waals surface area contributed by atoms with Crippen LogP contribution in [0.2, 0.25) is 0 Å². The van der Waals surface area contributed by atoms with E-state index in [9.17, 15) is 14.9 Å². The molecule has 0 saturated heterocycles.